The SMILES string of the molecule is Nc1nc2nc(SCc3ccccc3)nc(N3CCC(O)CC3)c2s1. The molecule has 1 aliphatic rings. The maximum absolute atomic E-state index is 9.76. The number of benzene rings is 1. The van der Waals surface area contributed by atoms with Crippen LogP contribution in [0.2, 0.25) is 0 Å². The molecule has 1 saturated heterocycles. The number of nitrogen functional groups attached to an aromatic ring is 1. The van der Waals surface area contributed by atoms with E-state index in [0.29, 0.717) is 15.9 Å². The summed E-state index contributed by atoms with van der Waals surface area (Å²) in [5.74, 6) is 1.70. The lowest BCUT2D eigenvalue weighted by Gasteiger charge is -2.30. The highest BCUT2D eigenvalue weighted by Crippen LogP contribution is 2.34. The van der Waals surface area contributed by atoms with E-state index < -0.39 is 0 Å². The predicted molar refractivity (Wildman–Crippen MR) is 103 cm³/mol. The molecule has 0 atom stereocenters. The number of thiazole rings is 1. The molecule has 0 amide bonds. The summed E-state index contributed by atoms with van der Waals surface area (Å²) in [6, 6.07) is 10.3. The van der Waals surface area contributed by atoms with Crippen LogP contribution in [0.3, 0.4) is 0 Å². The van der Waals surface area contributed by atoms with Crippen molar-refractivity contribution in [2.24, 2.45) is 0 Å². The molecule has 1 fully saturated rings. The van der Waals surface area contributed by atoms with Gasteiger partial charge >= 0.3 is 0 Å². The molecule has 8 heteroatoms. The van der Waals surface area contributed by atoms with Gasteiger partial charge in [0.15, 0.2) is 21.8 Å². The Morgan fingerprint density at radius 1 is 1.16 bits per heavy atom. The van der Waals surface area contributed by atoms with Gasteiger partial charge < -0.3 is 15.7 Å². The molecule has 0 unspecified atom stereocenters. The summed E-state index contributed by atoms with van der Waals surface area (Å²) in [7, 11) is 0. The van der Waals surface area contributed by atoms with E-state index in [1.54, 1.807) is 11.8 Å². The molecule has 25 heavy (non-hydrogen) atoms. The van der Waals surface area contributed by atoms with Gasteiger partial charge in [-0.3, -0.25) is 0 Å². The predicted octanol–water partition coefficient (Wildman–Crippen LogP) is 2.92. The third-order valence-electron chi connectivity index (χ3n) is 4.21. The number of fused-ring (bicyclic) bond motifs is 1. The number of rotatable bonds is 4. The Bertz CT molecular complexity index is 862. The minimum absolute atomic E-state index is 0.216. The van der Waals surface area contributed by atoms with Crippen LogP contribution in [0.25, 0.3) is 10.3 Å². The first-order valence-corrected chi connectivity index (χ1v) is 10.0. The first-order chi connectivity index (χ1) is 12.2. The second-order valence-electron chi connectivity index (χ2n) is 6.03. The van der Waals surface area contributed by atoms with Crippen molar-refractivity contribution in [1.82, 2.24) is 15.0 Å². The lowest BCUT2D eigenvalue weighted by molar-refractivity contribution is 0.145. The highest BCUT2D eigenvalue weighted by atomic mass is 32.2. The molecular formula is C17H19N5OS2. The van der Waals surface area contributed by atoms with Crippen LogP contribution in [0.4, 0.5) is 10.9 Å². The van der Waals surface area contributed by atoms with Crippen molar-refractivity contribution in [3.8, 4) is 0 Å². The summed E-state index contributed by atoms with van der Waals surface area (Å²) in [5, 5.41) is 11.0. The Morgan fingerprint density at radius 2 is 1.92 bits per heavy atom. The van der Waals surface area contributed by atoms with E-state index in [0.717, 1.165) is 42.2 Å². The molecule has 2 aromatic heterocycles. The third kappa shape index (κ3) is 3.70. The summed E-state index contributed by atoms with van der Waals surface area (Å²) >= 11 is 3.03. The van der Waals surface area contributed by atoms with Gasteiger partial charge in [-0.1, -0.05) is 53.4 Å². The monoisotopic (exact) mass is 373 g/mol. The summed E-state index contributed by atoms with van der Waals surface area (Å²) < 4.78 is 0.929. The number of hydrogen-bond acceptors (Lipinski definition) is 8. The second kappa shape index (κ2) is 7.15. The molecule has 3 aromatic rings. The molecule has 1 aromatic carbocycles. The molecule has 3 heterocycles. The first-order valence-electron chi connectivity index (χ1n) is 8.23. The van der Waals surface area contributed by atoms with E-state index in [1.807, 2.05) is 18.2 Å². The van der Waals surface area contributed by atoms with Gasteiger partial charge in [0, 0.05) is 18.8 Å². The summed E-state index contributed by atoms with van der Waals surface area (Å²) in [4.78, 5) is 15.9. The zero-order chi connectivity index (χ0) is 17.2. The largest absolute Gasteiger partial charge is 0.393 e. The van der Waals surface area contributed by atoms with Gasteiger partial charge in [0.05, 0.1) is 6.10 Å². The van der Waals surface area contributed by atoms with E-state index >= 15 is 0 Å². The topological polar surface area (TPSA) is 88.2 Å². The van der Waals surface area contributed by atoms with E-state index in [1.165, 1.54) is 16.9 Å². The molecule has 1 aliphatic heterocycles. The molecule has 0 spiro atoms. The second-order valence-corrected chi connectivity index (χ2v) is 8.00. The molecule has 6 nitrogen and oxygen atoms in total. The molecule has 0 radical (unpaired) electrons. The number of hydrogen-bond donors (Lipinski definition) is 2. The average Bonchev–Trinajstić information content (AvgIpc) is 3.01. The fraction of sp³-hybridized carbons (Fsp3) is 0.353. The van der Waals surface area contributed by atoms with Gasteiger partial charge in [0.1, 0.15) is 4.70 Å². The van der Waals surface area contributed by atoms with Crippen molar-refractivity contribution in [2.75, 3.05) is 23.7 Å². The lowest BCUT2D eigenvalue weighted by Crippen LogP contribution is -2.36. The minimum atomic E-state index is -0.216. The van der Waals surface area contributed by atoms with Crippen molar-refractivity contribution >= 4 is 44.4 Å². The van der Waals surface area contributed by atoms with Gasteiger partial charge in [-0.25, -0.2) is 15.0 Å². The minimum Gasteiger partial charge on any atom is -0.393 e. The van der Waals surface area contributed by atoms with E-state index in [9.17, 15) is 5.11 Å². The number of aliphatic hydroxyl groups excluding tert-OH is 1. The first kappa shape index (κ1) is 16.6. The number of nitrogens with zero attached hydrogens (tertiary/aromatic N) is 4. The van der Waals surface area contributed by atoms with Crippen LogP contribution in [0.1, 0.15) is 18.4 Å². The van der Waals surface area contributed by atoms with Gasteiger partial charge in [-0.2, -0.15) is 0 Å². The van der Waals surface area contributed by atoms with E-state index in [-0.39, 0.29) is 6.10 Å². The van der Waals surface area contributed by atoms with Crippen LogP contribution >= 0.6 is 23.1 Å². The van der Waals surface area contributed by atoms with Crippen LogP contribution in [0, 0.1) is 0 Å². The summed E-state index contributed by atoms with van der Waals surface area (Å²) in [5.41, 5.74) is 7.79. The van der Waals surface area contributed by atoms with Crippen molar-refractivity contribution in [1.29, 1.82) is 0 Å². The van der Waals surface area contributed by atoms with Crippen LogP contribution in [0.5, 0.6) is 0 Å². The van der Waals surface area contributed by atoms with Crippen LogP contribution in [-0.4, -0.2) is 39.3 Å². The fourth-order valence-electron chi connectivity index (χ4n) is 2.89. The number of aromatic nitrogens is 3. The van der Waals surface area contributed by atoms with Crippen molar-refractivity contribution in [3.05, 3.63) is 35.9 Å². The quantitative estimate of drug-likeness (QED) is 0.537. The molecule has 3 N–H and O–H groups in total. The van der Waals surface area contributed by atoms with E-state index in [4.69, 9.17) is 10.7 Å². The molecule has 130 valence electrons. The highest BCUT2D eigenvalue weighted by molar-refractivity contribution is 7.98. The van der Waals surface area contributed by atoms with Gasteiger partial charge in [0.2, 0.25) is 0 Å². The van der Waals surface area contributed by atoms with E-state index in [2.05, 4.69) is 27.0 Å². The lowest BCUT2D eigenvalue weighted by atomic mass is 10.1. The fourth-order valence-corrected chi connectivity index (χ4v) is 4.47. The maximum Gasteiger partial charge on any atom is 0.191 e. The molecule has 0 saturated carbocycles. The molecule has 4 rings (SSSR count). The Balaban J connectivity index is 1.63. The zero-order valence-corrected chi connectivity index (χ0v) is 15.3. The van der Waals surface area contributed by atoms with Crippen LogP contribution in [0.15, 0.2) is 35.5 Å². The summed E-state index contributed by atoms with van der Waals surface area (Å²) in [6.07, 6.45) is 1.30. The van der Waals surface area contributed by atoms with Crippen molar-refractivity contribution in [3.63, 3.8) is 0 Å². The summed E-state index contributed by atoms with van der Waals surface area (Å²) in [6.45, 7) is 1.57. The number of nitrogens with two attached hydrogens (primary N) is 1. The highest BCUT2D eigenvalue weighted by Gasteiger charge is 2.22. The smallest absolute Gasteiger partial charge is 0.191 e. The van der Waals surface area contributed by atoms with Gasteiger partial charge in [-0.05, 0) is 18.4 Å². The number of thioether (sulfide) groups is 1. The molecule has 0 aliphatic carbocycles. The number of piperidine rings is 1. The van der Waals surface area contributed by atoms with Gasteiger partial charge in [0.25, 0.3) is 0 Å². The van der Waals surface area contributed by atoms with Crippen LogP contribution in [-0.2, 0) is 5.75 Å². The number of aliphatic hydroxyl groups is 1. The Hall–Kier alpha value is -1.90. The maximum atomic E-state index is 9.76. The van der Waals surface area contributed by atoms with Gasteiger partial charge in [-0.15, -0.1) is 0 Å². The molecular weight excluding hydrogens is 354 g/mol. The molecule has 0 bridgehead atoms. The van der Waals surface area contributed by atoms with Crippen LogP contribution < -0.4 is 10.6 Å². The van der Waals surface area contributed by atoms with Crippen molar-refractivity contribution < 1.29 is 5.11 Å². The normalized spacial score (nSPS) is 15.8. The number of anilines is 2. The zero-order valence-electron chi connectivity index (χ0n) is 13.6. The Morgan fingerprint density at radius 3 is 2.68 bits per heavy atom. The van der Waals surface area contributed by atoms with Crippen molar-refractivity contribution in [2.45, 2.75) is 29.9 Å². The average molecular weight is 374 g/mol. The third-order valence-corrected chi connectivity index (χ3v) is 5.99. The Labute approximate surface area is 154 Å². The standard InChI is InChI=1S/C17H19N5OS2/c18-16-19-14-13(25-16)15(22-8-6-12(23)7-9-22)21-17(20-14)24-10-11-4-2-1-3-5-11/h1-5,12,23H,6-10H2,(H2,18,19,20,21). The Kier molecular flexibility index (Phi) is 4.74.